The first-order valence-corrected chi connectivity index (χ1v) is 9.07. The third-order valence-electron chi connectivity index (χ3n) is 4.73. The number of aryl methyl sites for hydroxylation is 1. The van der Waals surface area contributed by atoms with Crippen LogP contribution in [0.5, 0.6) is 0 Å². The molecule has 2 amide bonds. The molecule has 28 heavy (non-hydrogen) atoms. The Hall–Kier alpha value is -2.77. The van der Waals surface area contributed by atoms with Gasteiger partial charge < -0.3 is 14.2 Å². The highest BCUT2D eigenvalue weighted by Gasteiger charge is 2.31. The van der Waals surface area contributed by atoms with Crippen molar-refractivity contribution >= 4 is 11.8 Å². The lowest BCUT2D eigenvalue weighted by Crippen LogP contribution is -2.35. The summed E-state index contributed by atoms with van der Waals surface area (Å²) in [5.74, 6) is 0.495. The topological polar surface area (TPSA) is 53.8 Å². The number of furan rings is 1. The molecule has 1 saturated heterocycles. The Morgan fingerprint density at radius 2 is 1.93 bits per heavy atom. The SMILES string of the molecule is O=C(CCc1ccco1)N1CCC(=O)N(Cc2cccc(C(F)(F)F)c2)CC1. The molecule has 5 nitrogen and oxygen atoms in total. The number of rotatable bonds is 5. The number of carbonyl (C=O) groups is 2. The highest BCUT2D eigenvalue weighted by atomic mass is 19.4. The standard InChI is InChI=1S/C20H21F3N2O3/c21-20(22,23)16-4-1-3-15(13-16)14-25-11-10-24(9-8-19(25)27)18(26)7-6-17-5-2-12-28-17/h1-5,12-13H,6-11,14H2. The van der Waals surface area contributed by atoms with Crippen molar-refractivity contribution in [3.8, 4) is 0 Å². The molecule has 1 aromatic carbocycles. The second-order valence-electron chi connectivity index (χ2n) is 6.72. The Labute approximate surface area is 160 Å². The molecule has 0 atom stereocenters. The first-order valence-electron chi connectivity index (χ1n) is 9.07. The van der Waals surface area contributed by atoms with Crippen molar-refractivity contribution in [2.45, 2.75) is 32.0 Å². The lowest BCUT2D eigenvalue weighted by Gasteiger charge is -2.22. The summed E-state index contributed by atoms with van der Waals surface area (Å²) < 4.78 is 43.8. The number of carbonyl (C=O) groups excluding carboxylic acids is 2. The molecule has 2 heterocycles. The number of amides is 2. The summed E-state index contributed by atoms with van der Waals surface area (Å²) in [6.07, 6.45) is -1.93. The van der Waals surface area contributed by atoms with Gasteiger partial charge in [-0.15, -0.1) is 0 Å². The van der Waals surface area contributed by atoms with Gasteiger partial charge in [0.15, 0.2) is 0 Å². The quantitative estimate of drug-likeness (QED) is 0.780. The average molecular weight is 394 g/mol. The van der Waals surface area contributed by atoms with Gasteiger partial charge in [-0.2, -0.15) is 13.2 Å². The Kier molecular flexibility index (Phi) is 6.06. The number of hydrogen-bond donors (Lipinski definition) is 0. The minimum absolute atomic E-state index is 0.0647. The maximum atomic E-state index is 12.9. The number of alkyl halides is 3. The third kappa shape index (κ3) is 5.15. The monoisotopic (exact) mass is 394 g/mol. The van der Waals surface area contributed by atoms with E-state index < -0.39 is 11.7 Å². The summed E-state index contributed by atoms with van der Waals surface area (Å²) in [4.78, 5) is 27.9. The number of hydrogen-bond acceptors (Lipinski definition) is 3. The summed E-state index contributed by atoms with van der Waals surface area (Å²) in [5.41, 5.74) is -0.317. The third-order valence-corrected chi connectivity index (χ3v) is 4.73. The van der Waals surface area contributed by atoms with E-state index in [0.717, 1.165) is 17.9 Å². The lowest BCUT2D eigenvalue weighted by molar-refractivity contribution is -0.137. The van der Waals surface area contributed by atoms with E-state index >= 15 is 0 Å². The van der Waals surface area contributed by atoms with Gasteiger partial charge in [-0.25, -0.2) is 0 Å². The van der Waals surface area contributed by atoms with Crippen LogP contribution in [0, 0.1) is 0 Å². The fraction of sp³-hybridized carbons (Fsp3) is 0.400. The van der Waals surface area contributed by atoms with Gasteiger partial charge >= 0.3 is 6.18 Å². The highest BCUT2D eigenvalue weighted by Crippen LogP contribution is 2.29. The van der Waals surface area contributed by atoms with Gasteiger partial charge in [0, 0.05) is 45.4 Å². The number of halogens is 3. The molecule has 3 rings (SSSR count). The molecule has 8 heteroatoms. The largest absolute Gasteiger partial charge is 0.469 e. The van der Waals surface area contributed by atoms with Crippen LogP contribution in [-0.4, -0.2) is 41.2 Å². The summed E-state index contributed by atoms with van der Waals surface area (Å²) in [5, 5.41) is 0. The Morgan fingerprint density at radius 3 is 2.64 bits per heavy atom. The number of nitrogens with zero attached hydrogens (tertiary/aromatic N) is 2. The van der Waals surface area contributed by atoms with Crippen molar-refractivity contribution < 1.29 is 27.2 Å². The second kappa shape index (κ2) is 8.50. The molecule has 1 aromatic heterocycles. The van der Waals surface area contributed by atoms with E-state index in [1.165, 1.54) is 11.0 Å². The van der Waals surface area contributed by atoms with E-state index in [2.05, 4.69) is 0 Å². The van der Waals surface area contributed by atoms with E-state index in [0.29, 0.717) is 31.6 Å². The average Bonchev–Trinajstić information content (AvgIpc) is 3.11. The van der Waals surface area contributed by atoms with Crippen LogP contribution in [0.4, 0.5) is 13.2 Å². The van der Waals surface area contributed by atoms with Crippen LogP contribution in [0.2, 0.25) is 0 Å². The highest BCUT2D eigenvalue weighted by molar-refractivity contribution is 5.80. The van der Waals surface area contributed by atoms with Gasteiger partial charge in [0.1, 0.15) is 5.76 Å². The van der Waals surface area contributed by atoms with Gasteiger partial charge in [0.05, 0.1) is 11.8 Å². The van der Waals surface area contributed by atoms with Crippen molar-refractivity contribution in [1.82, 2.24) is 9.80 Å². The van der Waals surface area contributed by atoms with Crippen molar-refractivity contribution in [1.29, 1.82) is 0 Å². The molecule has 0 radical (unpaired) electrons. The molecule has 150 valence electrons. The molecular weight excluding hydrogens is 373 g/mol. The van der Waals surface area contributed by atoms with Crippen LogP contribution in [-0.2, 0) is 28.7 Å². The van der Waals surface area contributed by atoms with Crippen molar-refractivity contribution in [3.63, 3.8) is 0 Å². The maximum Gasteiger partial charge on any atom is 0.416 e. The normalized spacial score (nSPS) is 15.6. The zero-order valence-corrected chi connectivity index (χ0v) is 15.2. The van der Waals surface area contributed by atoms with Crippen LogP contribution in [0.15, 0.2) is 47.1 Å². The zero-order valence-electron chi connectivity index (χ0n) is 15.2. The van der Waals surface area contributed by atoms with E-state index in [-0.39, 0.29) is 31.2 Å². The van der Waals surface area contributed by atoms with Gasteiger partial charge in [0.25, 0.3) is 0 Å². The fourth-order valence-electron chi connectivity index (χ4n) is 3.19. The molecule has 0 N–H and O–H groups in total. The van der Waals surface area contributed by atoms with E-state index in [9.17, 15) is 22.8 Å². The lowest BCUT2D eigenvalue weighted by atomic mass is 10.1. The van der Waals surface area contributed by atoms with Gasteiger partial charge in [-0.05, 0) is 29.8 Å². The molecule has 0 saturated carbocycles. The van der Waals surface area contributed by atoms with Crippen molar-refractivity contribution in [2.75, 3.05) is 19.6 Å². The Balaban J connectivity index is 1.58. The first-order chi connectivity index (χ1) is 13.3. The predicted octanol–water partition coefficient (Wildman–Crippen LogP) is 3.49. The summed E-state index contributed by atoms with van der Waals surface area (Å²) in [6, 6.07) is 8.54. The fourth-order valence-corrected chi connectivity index (χ4v) is 3.19. The van der Waals surface area contributed by atoms with Crippen LogP contribution in [0.25, 0.3) is 0 Å². The van der Waals surface area contributed by atoms with Crippen LogP contribution < -0.4 is 0 Å². The smallest absolute Gasteiger partial charge is 0.416 e. The molecule has 0 spiro atoms. The summed E-state index contributed by atoms with van der Waals surface area (Å²) >= 11 is 0. The molecule has 1 aliphatic rings. The minimum Gasteiger partial charge on any atom is -0.469 e. The predicted molar refractivity (Wildman–Crippen MR) is 95.1 cm³/mol. The minimum atomic E-state index is -4.42. The van der Waals surface area contributed by atoms with Crippen LogP contribution >= 0.6 is 0 Å². The molecule has 2 aromatic rings. The second-order valence-corrected chi connectivity index (χ2v) is 6.72. The summed E-state index contributed by atoms with van der Waals surface area (Å²) in [6.45, 7) is 1.06. The van der Waals surface area contributed by atoms with Gasteiger partial charge in [-0.3, -0.25) is 9.59 Å². The van der Waals surface area contributed by atoms with Crippen molar-refractivity contribution in [3.05, 3.63) is 59.5 Å². The molecule has 1 aliphatic heterocycles. The van der Waals surface area contributed by atoms with Gasteiger partial charge in [-0.1, -0.05) is 12.1 Å². The van der Waals surface area contributed by atoms with Crippen LogP contribution in [0.3, 0.4) is 0 Å². The molecule has 0 unspecified atom stereocenters. The van der Waals surface area contributed by atoms with Gasteiger partial charge in [0.2, 0.25) is 11.8 Å². The number of benzene rings is 1. The van der Waals surface area contributed by atoms with E-state index in [4.69, 9.17) is 4.42 Å². The van der Waals surface area contributed by atoms with Crippen LogP contribution in [0.1, 0.15) is 29.7 Å². The summed E-state index contributed by atoms with van der Waals surface area (Å²) in [7, 11) is 0. The Bertz CT molecular complexity index is 818. The maximum absolute atomic E-state index is 12.9. The van der Waals surface area contributed by atoms with E-state index in [1.54, 1.807) is 29.4 Å². The Morgan fingerprint density at radius 1 is 1.11 bits per heavy atom. The molecular formula is C20H21F3N2O3. The van der Waals surface area contributed by atoms with Crippen molar-refractivity contribution in [2.24, 2.45) is 0 Å². The molecule has 0 aliphatic carbocycles. The molecule has 1 fully saturated rings. The molecule has 0 bridgehead atoms. The zero-order chi connectivity index (χ0) is 20.1. The first kappa shape index (κ1) is 20.0. The van der Waals surface area contributed by atoms with E-state index in [1.807, 2.05) is 0 Å².